The predicted molar refractivity (Wildman–Crippen MR) is 115 cm³/mol. The summed E-state index contributed by atoms with van der Waals surface area (Å²) in [5.41, 5.74) is 1.22. The zero-order chi connectivity index (χ0) is 19.4. The highest BCUT2D eigenvalue weighted by Crippen LogP contribution is 2.35. The lowest BCUT2D eigenvalue weighted by Gasteiger charge is -2.41. The highest BCUT2D eigenvalue weighted by atomic mass is 35.5. The summed E-state index contributed by atoms with van der Waals surface area (Å²) in [6.07, 6.45) is 0.664. The lowest BCUT2D eigenvalue weighted by Crippen LogP contribution is -2.50. The van der Waals surface area contributed by atoms with Crippen molar-refractivity contribution in [2.24, 2.45) is 5.92 Å². The van der Waals surface area contributed by atoms with E-state index in [9.17, 15) is 5.11 Å². The lowest BCUT2D eigenvalue weighted by atomic mass is 9.80. The maximum absolute atomic E-state index is 11.4. The number of halogens is 2. The molecule has 0 aromatic heterocycles. The van der Waals surface area contributed by atoms with Crippen LogP contribution in [0.15, 0.2) is 48.5 Å². The summed E-state index contributed by atoms with van der Waals surface area (Å²) in [4.78, 5) is 4.81. The Bertz CT molecular complexity index is 761. The summed E-state index contributed by atoms with van der Waals surface area (Å²) in [5, 5.41) is 12.8. The molecule has 0 aliphatic carbocycles. The molecule has 1 aliphatic rings. The van der Waals surface area contributed by atoms with Crippen molar-refractivity contribution in [3.63, 3.8) is 0 Å². The molecule has 27 heavy (non-hydrogen) atoms. The summed E-state index contributed by atoms with van der Waals surface area (Å²) in [5.74, 6) is 0.110. The second kappa shape index (κ2) is 8.83. The van der Waals surface area contributed by atoms with Crippen molar-refractivity contribution < 1.29 is 5.11 Å². The molecular weight excluding hydrogens is 379 g/mol. The van der Waals surface area contributed by atoms with Gasteiger partial charge in [-0.25, -0.2) is 0 Å². The van der Waals surface area contributed by atoms with Crippen LogP contribution in [0.1, 0.15) is 25.8 Å². The second-order valence-corrected chi connectivity index (χ2v) is 8.33. The summed E-state index contributed by atoms with van der Waals surface area (Å²) < 4.78 is 0. The maximum atomic E-state index is 11.4. The first-order valence-electron chi connectivity index (χ1n) is 9.63. The number of anilines is 1. The van der Waals surface area contributed by atoms with E-state index >= 15 is 0 Å². The topological polar surface area (TPSA) is 26.7 Å². The lowest BCUT2D eigenvalue weighted by molar-refractivity contribution is -0.0339. The molecule has 1 fully saturated rings. The van der Waals surface area contributed by atoms with E-state index in [1.807, 2.05) is 49.4 Å². The van der Waals surface area contributed by atoms with Gasteiger partial charge in [0, 0.05) is 54.4 Å². The molecular formula is C22H28Cl2N2O. The molecule has 2 aromatic carbocycles. The second-order valence-electron chi connectivity index (χ2n) is 7.46. The quantitative estimate of drug-likeness (QED) is 0.726. The van der Waals surface area contributed by atoms with Crippen LogP contribution in [-0.2, 0) is 5.60 Å². The van der Waals surface area contributed by atoms with Crippen LogP contribution in [0.5, 0.6) is 0 Å². The Labute approximate surface area is 172 Å². The van der Waals surface area contributed by atoms with E-state index in [-0.39, 0.29) is 5.92 Å². The number of hydrogen-bond donors (Lipinski definition) is 1. The number of rotatable bonds is 6. The molecule has 1 saturated heterocycles. The molecule has 0 bridgehead atoms. The van der Waals surface area contributed by atoms with Gasteiger partial charge in [0.1, 0.15) is 0 Å². The maximum Gasteiger partial charge on any atom is 0.0932 e. The summed E-state index contributed by atoms with van der Waals surface area (Å²) in [6.45, 7) is 8.92. The Morgan fingerprint density at radius 1 is 1.00 bits per heavy atom. The van der Waals surface area contributed by atoms with Gasteiger partial charge in [-0.05, 0) is 42.3 Å². The molecule has 2 aromatic rings. The van der Waals surface area contributed by atoms with E-state index < -0.39 is 5.60 Å². The van der Waals surface area contributed by atoms with E-state index in [0.717, 1.165) is 43.3 Å². The van der Waals surface area contributed by atoms with Gasteiger partial charge in [-0.3, -0.25) is 4.90 Å². The SMILES string of the molecule is CCC(O)(c1cccc(Cl)c1)C(C)CN1CCN(c2cccc(Cl)c2)CC1. The van der Waals surface area contributed by atoms with Crippen molar-refractivity contribution in [3.8, 4) is 0 Å². The fourth-order valence-electron chi connectivity index (χ4n) is 3.99. The molecule has 0 radical (unpaired) electrons. The third-order valence-corrected chi connectivity index (χ3v) is 6.23. The van der Waals surface area contributed by atoms with Crippen LogP contribution in [0.25, 0.3) is 0 Å². The number of hydrogen-bond acceptors (Lipinski definition) is 3. The predicted octanol–water partition coefficient (Wildman–Crippen LogP) is 5.05. The first-order chi connectivity index (χ1) is 12.9. The number of piperazine rings is 1. The van der Waals surface area contributed by atoms with Gasteiger partial charge in [-0.15, -0.1) is 0 Å². The average Bonchev–Trinajstić information content (AvgIpc) is 2.68. The molecule has 1 heterocycles. The average molecular weight is 407 g/mol. The highest BCUT2D eigenvalue weighted by Gasteiger charge is 2.35. The molecule has 1 aliphatic heterocycles. The van der Waals surface area contributed by atoms with Crippen LogP contribution >= 0.6 is 23.2 Å². The third kappa shape index (κ3) is 4.78. The van der Waals surface area contributed by atoms with Crippen molar-refractivity contribution >= 4 is 28.9 Å². The minimum atomic E-state index is -0.866. The Balaban J connectivity index is 1.62. The van der Waals surface area contributed by atoms with Crippen LogP contribution in [0.4, 0.5) is 5.69 Å². The van der Waals surface area contributed by atoms with E-state index in [0.29, 0.717) is 11.4 Å². The summed E-state index contributed by atoms with van der Waals surface area (Å²) in [6, 6.07) is 15.7. The number of aliphatic hydroxyl groups is 1. The van der Waals surface area contributed by atoms with Crippen molar-refractivity contribution in [1.29, 1.82) is 0 Å². The van der Waals surface area contributed by atoms with Gasteiger partial charge in [0.05, 0.1) is 5.60 Å². The Morgan fingerprint density at radius 3 is 2.22 bits per heavy atom. The monoisotopic (exact) mass is 406 g/mol. The molecule has 2 atom stereocenters. The molecule has 5 heteroatoms. The van der Waals surface area contributed by atoms with Crippen molar-refractivity contribution in [3.05, 3.63) is 64.1 Å². The number of nitrogens with zero attached hydrogens (tertiary/aromatic N) is 2. The molecule has 3 nitrogen and oxygen atoms in total. The first-order valence-corrected chi connectivity index (χ1v) is 10.4. The van der Waals surface area contributed by atoms with Crippen LogP contribution < -0.4 is 4.90 Å². The molecule has 1 N–H and O–H groups in total. The fourth-order valence-corrected chi connectivity index (χ4v) is 4.37. The Kier molecular flexibility index (Phi) is 6.69. The first kappa shape index (κ1) is 20.5. The summed E-state index contributed by atoms with van der Waals surface area (Å²) in [7, 11) is 0. The Hall–Kier alpha value is -1.26. The van der Waals surface area contributed by atoms with Crippen LogP contribution in [-0.4, -0.2) is 42.7 Å². The van der Waals surface area contributed by atoms with Crippen molar-refractivity contribution in [1.82, 2.24) is 4.90 Å². The van der Waals surface area contributed by atoms with E-state index in [4.69, 9.17) is 23.2 Å². The zero-order valence-corrected chi connectivity index (χ0v) is 17.5. The molecule has 3 rings (SSSR count). The van der Waals surface area contributed by atoms with E-state index in [1.165, 1.54) is 5.69 Å². The normalized spacial score (nSPS) is 18.9. The van der Waals surface area contributed by atoms with Crippen molar-refractivity contribution in [2.45, 2.75) is 25.9 Å². The molecule has 0 spiro atoms. The molecule has 146 valence electrons. The van der Waals surface area contributed by atoms with Gasteiger partial charge in [0.25, 0.3) is 0 Å². The van der Waals surface area contributed by atoms with Crippen LogP contribution in [0.2, 0.25) is 10.0 Å². The zero-order valence-electron chi connectivity index (χ0n) is 16.0. The molecule has 0 amide bonds. The van der Waals surface area contributed by atoms with Crippen molar-refractivity contribution in [2.75, 3.05) is 37.6 Å². The highest BCUT2D eigenvalue weighted by molar-refractivity contribution is 6.31. The van der Waals surface area contributed by atoms with Crippen LogP contribution in [0, 0.1) is 5.92 Å². The van der Waals surface area contributed by atoms with Gasteiger partial charge < -0.3 is 10.0 Å². The van der Waals surface area contributed by atoms with Gasteiger partial charge in [0.2, 0.25) is 0 Å². The van der Waals surface area contributed by atoms with Gasteiger partial charge in [-0.1, -0.05) is 55.2 Å². The van der Waals surface area contributed by atoms with Gasteiger partial charge in [-0.2, -0.15) is 0 Å². The standard InChI is InChI=1S/C22H28Cl2N2O/c1-3-22(27,18-6-4-7-19(23)14-18)17(2)16-25-10-12-26(13-11-25)21-9-5-8-20(24)15-21/h4-9,14-15,17,27H,3,10-13,16H2,1-2H3. The van der Waals surface area contributed by atoms with Gasteiger partial charge >= 0.3 is 0 Å². The Morgan fingerprint density at radius 2 is 1.63 bits per heavy atom. The van der Waals surface area contributed by atoms with E-state index in [2.05, 4.69) is 22.8 Å². The molecule has 0 saturated carbocycles. The molecule has 2 unspecified atom stereocenters. The minimum Gasteiger partial charge on any atom is -0.385 e. The minimum absolute atomic E-state index is 0.110. The summed E-state index contributed by atoms with van der Waals surface area (Å²) >= 11 is 12.3. The smallest absolute Gasteiger partial charge is 0.0932 e. The fraction of sp³-hybridized carbons (Fsp3) is 0.455. The van der Waals surface area contributed by atoms with Gasteiger partial charge in [0.15, 0.2) is 0 Å². The largest absolute Gasteiger partial charge is 0.385 e. The van der Waals surface area contributed by atoms with Crippen LogP contribution in [0.3, 0.4) is 0 Å². The number of benzene rings is 2. The third-order valence-electron chi connectivity index (χ3n) is 5.76. The van der Waals surface area contributed by atoms with E-state index in [1.54, 1.807) is 0 Å².